The summed E-state index contributed by atoms with van der Waals surface area (Å²) in [5, 5.41) is 10.8. The van der Waals surface area contributed by atoms with Gasteiger partial charge in [-0.2, -0.15) is 4.39 Å². The summed E-state index contributed by atoms with van der Waals surface area (Å²) in [5.74, 6) is -1.37. The third kappa shape index (κ3) is 3.09. The van der Waals surface area contributed by atoms with Crippen molar-refractivity contribution in [3.8, 4) is 0 Å². The lowest BCUT2D eigenvalue weighted by Gasteiger charge is -2.09. The molecule has 0 aliphatic heterocycles. The summed E-state index contributed by atoms with van der Waals surface area (Å²) in [6.07, 6.45) is 2.12. The Balaban J connectivity index is 3.57. The van der Waals surface area contributed by atoms with E-state index in [4.69, 9.17) is 0 Å². The third-order valence-electron chi connectivity index (χ3n) is 2.58. The van der Waals surface area contributed by atoms with E-state index in [1.54, 1.807) is 19.9 Å². The van der Waals surface area contributed by atoms with Crippen molar-refractivity contribution in [1.82, 2.24) is 0 Å². The number of nitrogens with zero attached hydrogens (tertiary/aromatic N) is 1. The molecule has 0 fully saturated rings. The molecule has 0 aliphatic rings. The van der Waals surface area contributed by atoms with Crippen LogP contribution in [0, 0.1) is 15.9 Å². The normalized spacial score (nSPS) is 11.5. The van der Waals surface area contributed by atoms with Crippen LogP contribution in [0.3, 0.4) is 0 Å². The Morgan fingerprint density at radius 2 is 2.11 bits per heavy atom. The summed E-state index contributed by atoms with van der Waals surface area (Å²) in [6.45, 7) is 3.50. The van der Waals surface area contributed by atoms with Crippen LogP contribution in [-0.2, 0) is 0 Å². The van der Waals surface area contributed by atoms with Gasteiger partial charge in [0.2, 0.25) is 5.82 Å². The van der Waals surface area contributed by atoms with Crippen molar-refractivity contribution in [3.05, 3.63) is 48.2 Å². The molecule has 0 unspecified atom stereocenters. The zero-order valence-corrected chi connectivity index (χ0v) is 13.3. The Morgan fingerprint density at radius 1 is 1.53 bits per heavy atom. The third-order valence-corrected chi connectivity index (χ3v) is 3.97. The fraction of sp³-hybridized carbons (Fsp3) is 0.250. The number of benzene rings is 1. The van der Waals surface area contributed by atoms with Crippen LogP contribution in [0.25, 0.3) is 0 Å². The Morgan fingerprint density at radius 3 is 2.53 bits per heavy atom. The number of ketones is 1. The zero-order chi connectivity index (χ0) is 14.7. The monoisotopic (exact) mass is 393 g/mol. The van der Waals surface area contributed by atoms with Crippen LogP contribution in [0.1, 0.15) is 30.6 Å². The van der Waals surface area contributed by atoms with E-state index >= 15 is 0 Å². The smallest absolute Gasteiger partial charge is 0.289 e. The largest absolute Gasteiger partial charge is 0.319 e. The quantitative estimate of drug-likeness (QED) is 0.319. The molecule has 1 aromatic carbocycles. The molecule has 0 aliphatic carbocycles. The van der Waals surface area contributed by atoms with E-state index in [0.29, 0.717) is 12.0 Å². The molecule has 0 radical (unpaired) electrons. The number of rotatable bonds is 4. The number of carbonyl (C=O) groups is 1. The van der Waals surface area contributed by atoms with Crippen LogP contribution < -0.4 is 0 Å². The second kappa shape index (κ2) is 6.38. The van der Waals surface area contributed by atoms with Gasteiger partial charge in [-0.05, 0) is 56.8 Å². The molecule has 0 N–H and O–H groups in total. The fourth-order valence-electron chi connectivity index (χ4n) is 1.61. The van der Waals surface area contributed by atoms with Gasteiger partial charge >= 0.3 is 5.69 Å². The highest BCUT2D eigenvalue weighted by molar-refractivity contribution is 9.11. The van der Waals surface area contributed by atoms with Gasteiger partial charge in [0.25, 0.3) is 0 Å². The molecule has 102 valence electrons. The van der Waals surface area contributed by atoms with Crippen molar-refractivity contribution in [2.75, 3.05) is 0 Å². The number of Topliss-reactive ketones (excluding diaryl/α,β-unsaturated/α-hetero) is 1. The Kier molecular flexibility index (Phi) is 5.37. The highest BCUT2D eigenvalue weighted by Gasteiger charge is 2.28. The van der Waals surface area contributed by atoms with Crippen LogP contribution in [0.15, 0.2) is 26.7 Å². The van der Waals surface area contributed by atoms with Crippen molar-refractivity contribution in [2.45, 2.75) is 20.3 Å². The molecule has 0 bridgehead atoms. The molecule has 0 spiro atoms. The summed E-state index contributed by atoms with van der Waals surface area (Å²) in [7, 11) is 0. The first-order chi connectivity index (χ1) is 8.84. The van der Waals surface area contributed by atoms with E-state index in [2.05, 4.69) is 31.9 Å². The van der Waals surface area contributed by atoms with Gasteiger partial charge in [-0.3, -0.25) is 14.9 Å². The molecule has 0 saturated carbocycles. The predicted octanol–water partition coefficient (Wildman–Crippen LogP) is 4.80. The lowest BCUT2D eigenvalue weighted by Crippen LogP contribution is -2.08. The van der Waals surface area contributed by atoms with E-state index in [0.717, 1.165) is 6.07 Å². The maximum absolute atomic E-state index is 13.5. The number of halogens is 3. The van der Waals surface area contributed by atoms with Crippen molar-refractivity contribution in [3.63, 3.8) is 0 Å². The lowest BCUT2D eigenvalue weighted by atomic mass is 10.0. The van der Waals surface area contributed by atoms with Gasteiger partial charge in [0.15, 0.2) is 5.78 Å². The minimum Gasteiger partial charge on any atom is -0.289 e. The summed E-state index contributed by atoms with van der Waals surface area (Å²) < 4.78 is 13.6. The molecule has 4 nitrogen and oxygen atoms in total. The molecular weight excluding hydrogens is 385 g/mol. The molecule has 0 amide bonds. The number of allylic oxidation sites excluding steroid dienone is 2. The molecule has 0 heterocycles. The molecule has 0 aromatic heterocycles. The van der Waals surface area contributed by atoms with E-state index in [1.165, 1.54) is 0 Å². The minimum atomic E-state index is -1.00. The van der Waals surface area contributed by atoms with Crippen molar-refractivity contribution in [1.29, 1.82) is 0 Å². The van der Waals surface area contributed by atoms with Crippen molar-refractivity contribution < 1.29 is 14.1 Å². The molecule has 0 saturated heterocycles. The Labute approximate surface area is 126 Å². The number of nitro groups is 1. The second-order valence-corrected chi connectivity index (χ2v) is 5.28. The Hall–Kier alpha value is -1.08. The average molecular weight is 395 g/mol. The number of nitro benzene ring substituents is 1. The molecular formula is C12H10Br2FNO3. The van der Waals surface area contributed by atoms with Gasteiger partial charge in [0, 0.05) is 4.47 Å². The Bertz CT molecular complexity index is 585. The lowest BCUT2D eigenvalue weighted by molar-refractivity contribution is -0.388. The molecule has 7 heteroatoms. The molecule has 0 atom stereocenters. The summed E-state index contributed by atoms with van der Waals surface area (Å²) >= 11 is 6.02. The average Bonchev–Trinajstić information content (AvgIpc) is 2.28. The van der Waals surface area contributed by atoms with Gasteiger partial charge in [-0.25, -0.2) is 0 Å². The van der Waals surface area contributed by atoms with Gasteiger partial charge < -0.3 is 0 Å². The van der Waals surface area contributed by atoms with Crippen LogP contribution in [0.4, 0.5) is 10.1 Å². The van der Waals surface area contributed by atoms with Gasteiger partial charge in [0.05, 0.1) is 10.5 Å². The van der Waals surface area contributed by atoms with Crippen molar-refractivity contribution in [2.24, 2.45) is 0 Å². The van der Waals surface area contributed by atoms with E-state index in [9.17, 15) is 19.3 Å². The van der Waals surface area contributed by atoms with Gasteiger partial charge in [0.1, 0.15) is 4.47 Å². The van der Waals surface area contributed by atoms with Gasteiger partial charge in [-0.1, -0.05) is 13.0 Å². The highest BCUT2D eigenvalue weighted by atomic mass is 79.9. The molecule has 19 heavy (non-hydrogen) atoms. The molecule has 1 aromatic rings. The van der Waals surface area contributed by atoms with E-state index < -0.39 is 16.4 Å². The second-order valence-electron chi connectivity index (χ2n) is 3.63. The van der Waals surface area contributed by atoms with E-state index in [1.807, 2.05) is 0 Å². The molecule has 1 rings (SSSR count). The number of hydrogen-bond donors (Lipinski definition) is 0. The first-order valence-corrected chi connectivity index (χ1v) is 6.95. The maximum atomic E-state index is 13.5. The standard InChI is InChI=1S/C12H10Br2FNO3/c1-3-6(4-2)12(17)9-7(13)5-8(15)11(10(9)14)16(18)19/h3,5H,4H2,1-2H3/b6-3+. The number of carbonyl (C=O) groups excluding carboxylic acids is 1. The summed E-state index contributed by atoms with van der Waals surface area (Å²) in [6, 6.07) is 0.930. The first kappa shape index (κ1) is 16.0. The topological polar surface area (TPSA) is 60.2 Å². The van der Waals surface area contributed by atoms with Crippen molar-refractivity contribution >= 4 is 43.3 Å². The van der Waals surface area contributed by atoms with E-state index in [-0.39, 0.29) is 20.3 Å². The van der Waals surface area contributed by atoms with Crippen LogP contribution in [0.5, 0.6) is 0 Å². The summed E-state index contributed by atoms with van der Waals surface area (Å²) in [5.41, 5.74) is -0.177. The van der Waals surface area contributed by atoms with Crippen LogP contribution in [0.2, 0.25) is 0 Å². The number of hydrogen-bond acceptors (Lipinski definition) is 3. The highest BCUT2D eigenvalue weighted by Crippen LogP contribution is 2.37. The fourth-order valence-corrected chi connectivity index (χ4v) is 3.18. The SMILES string of the molecule is C/C=C(\CC)C(=O)c1c(Br)cc(F)c([N+](=O)[O-])c1Br. The van der Waals surface area contributed by atoms with Gasteiger partial charge in [-0.15, -0.1) is 0 Å². The van der Waals surface area contributed by atoms with Crippen LogP contribution in [-0.4, -0.2) is 10.7 Å². The van der Waals surface area contributed by atoms with Crippen LogP contribution >= 0.6 is 31.9 Å². The zero-order valence-electron chi connectivity index (χ0n) is 10.2. The maximum Gasteiger partial charge on any atom is 0.319 e. The summed E-state index contributed by atoms with van der Waals surface area (Å²) in [4.78, 5) is 22.2. The minimum absolute atomic E-state index is 0.0584. The first-order valence-electron chi connectivity index (χ1n) is 5.36. The predicted molar refractivity (Wildman–Crippen MR) is 76.8 cm³/mol.